The molecule has 0 atom stereocenters. The minimum atomic E-state index is -0.719. The number of hydrazone groups is 1. The molecule has 8 nitrogen and oxygen atoms in total. The largest absolute Gasteiger partial charge is 0.361 e. The Bertz CT molecular complexity index is 603. The summed E-state index contributed by atoms with van der Waals surface area (Å²) in [6, 6.07) is 6.52. The van der Waals surface area contributed by atoms with Crippen LogP contribution < -0.4 is 5.84 Å². The van der Waals surface area contributed by atoms with Gasteiger partial charge in [0.25, 0.3) is 5.91 Å². The first-order valence-corrected chi connectivity index (χ1v) is 6.14. The number of imide groups is 1. The maximum absolute atomic E-state index is 11.9. The SMILES string of the molecule is CC(=O)ON1C(=O)CN(Cc2ccc(/C=N/N)cc2)C1=O.Cl. The van der Waals surface area contributed by atoms with Crippen LogP contribution in [0.5, 0.6) is 0 Å². The fourth-order valence-electron chi connectivity index (χ4n) is 1.89. The summed E-state index contributed by atoms with van der Waals surface area (Å²) in [5.74, 6) is 3.77. The van der Waals surface area contributed by atoms with Crippen LogP contribution in [0.1, 0.15) is 18.1 Å². The fourth-order valence-corrected chi connectivity index (χ4v) is 1.89. The standard InChI is InChI=1S/C13H14N4O4.ClH/c1-9(18)21-17-12(19)8-16(13(17)20)7-11-4-2-10(3-5-11)6-15-14;/h2-6H,7-8,14H2,1H3;1H/b15-6+;. The van der Waals surface area contributed by atoms with E-state index in [0.29, 0.717) is 5.06 Å². The topological polar surface area (TPSA) is 105 Å². The van der Waals surface area contributed by atoms with E-state index in [1.165, 1.54) is 11.1 Å². The monoisotopic (exact) mass is 326 g/mol. The number of hydrogen-bond acceptors (Lipinski definition) is 6. The van der Waals surface area contributed by atoms with E-state index < -0.39 is 17.9 Å². The molecule has 0 saturated carbocycles. The van der Waals surface area contributed by atoms with Crippen LogP contribution in [-0.2, 0) is 21.0 Å². The Labute approximate surface area is 132 Å². The molecule has 1 aromatic rings. The molecular formula is C13H15ClN4O4. The Morgan fingerprint density at radius 2 is 2.00 bits per heavy atom. The first-order chi connectivity index (χ1) is 10.0. The molecule has 1 aliphatic heterocycles. The van der Waals surface area contributed by atoms with Gasteiger partial charge in [-0.2, -0.15) is 5.10 Å². The molecule has 0 aliphatic carbocycles. The number of rotatable bonds is 4. The van der Waals surface area contributed by atoms with Crippen molar-refractivity contribution >= 4 is 36.5 Å². The van der Waals surface area contributed by atoms with Crippen LogP contribution in [0.3, 0.4) is 0 Å². The van der Waals surface area contributed by atoms with Crippen LogP contribution in [0.4, 0.5) is 4.79 Å². The Morgan fingerprint density at radius 1 is 1.36 bits per heavy atom. The molecular weight excluding hydrogens is 312 g/mol. The van der Waals surface area contributed by atoms with Gasteiger partial charge in [-0.3, -0.25) is 4.79 Å². The third kappa shape index (κ3) is 3.95. The molecule has 1 aliphatic rings. The van der Waals surface area contributed by atoms with Crippen molar-refractivity contribution in [2.24, 2.45) is 10.9 Å². The molecule has 1 fully saturated rings. The quantitative estimate of drug-likeness (QED) is 0.378. The number of benzene rings is 1. The van der Waals surface area contributed by atoms with Crippen LogP contribution in [0.2, 0.25) is 0 Å². The number of hydrogen-bond donors (Lipinski definition) is 1. The highest BCUT2D eigenvalue weighted by Gasteiger charge is 2.38. The van der Waals surface area contributed by atoms with Gasteiger partial charge < -0.3 is 15.6 Å². The van der Waals surface area contributed by atoms with Gasteiger partial charge in [0.2, 0.25) is 0 Å². The third-order valence-corrected chi connectivity index (χ3v) is 2.79. The highest BCUT2D eigenvalue weighted by atomic mass is 35.5. The fraction of sp³-hybridized carbons (Fsp3) is 0.231. The van der Waals surface area contributed by atoms with Gasteiger partial charge in [0.05, 0.1) is 6.21 Å². The maximum atomic E-state index is 11.9. The Balaban J connectivity index is 0.00000242. The minimum absolute atomic E-state index is 0. The summed E-state index contributed by atoms with van der Waals surface area (Å²) >= 11 is 0. The van der Waals surface area contributed by atoms with Crippen molar-refractivity contribution in [2.45, 2.75) is 13.5 Å². The van der Waals surface area contributed by atoms with E-state index in [1.807, 2.05) is 0 Å². The van der Waals surface area contributed by atoms with Gasteiger partial charge in [-0.15, -0.1) is 12.4 Å². The van der Waals surface area contributed by atoms with Gasteiger partial charge in [0.15, 0.2) is 0 Å². The molecule has 1 heterocycles. The Kier molecular flexibility index (Phi) is 5.88. The van der Waals surface area contributed by atoms with Crippen molar-refractivity contribution in [1.29, 1.82) is 0 Å². The molecule has 0 bridgehead atoms. The second-order valence-corrected chi connectivity index (χ2v) is 4.43. The maximum Gasteiger partial charge on any atom is 0.361 e. The summed E-state index contributed by atoms with van der Waals surface area (Å²) in [6.45, 7) is 1.24. The average molecular weight is 327 g/mol. The van der Waals surface area contributed by atoms with E-state index in [-0.39, 0.29) is 25.5 Å². The zero-order valence-corrected chi connectivity index (χ0v) is 12.6. The second-order valence-electron chi connectivity index (χ2n) is 4.43. The number of hydroxylamine groups is 2. The Morgan fingerprint density at radius 3 is 2.55 bits per heavy atom. The van der Waals surface area contributed by atoms with Gasteiger partial charge in [-0.25, -0.2) is 9.59 Å². The lowest BCUT2D eigenvalue weighted by atomic mass is 10.1. The van der Waals surface area contributed by atoms with Crippen molar-refractivity contribution < 1.29 is 19.2 Å². The molecule has 0 unspecified atom stereocenters. The molecule has 2 rings (SSSR count). The number of carbonyl (C=O) groups is 3. The normalized spacial score (nSPS) is 14.4. The summed E-state index contributed by atoms with van der Waals surface area (Å²) in [5, 5.41) is 3.89. The van der Waals surface area contributed by atoms with Crippen molar-refractivity contribution in [1.82, 2.24) is 9.96 Å². The summed E-state index contributed by atoms with van der Waals surface area (Å²) in [5.41, 5.74) is 1.65. The van der Waals surface area contributed by atoms with Gasteiger partial charge in [-0.05, 0) is 11.1 Å². The van der Waals surface area contributed by atoms with Crippen LogP contribution in [0.25, 0.3) is 0 Å². The average Bonchev–Trinajstić information content (AvgIpc) is 2.69. The molecule has 9 heteroatoms. The molecule has 22 heavy (non-hydrogen) atoms. The number of nitrogens with zero attached hydrogens (tertiary/aromatic N) is 3. The number of carbonyl (C=O) groups excluding carboxylic acids is 3. The van der Waals surface area contributed by atoms with Gasteiger partial charge >= 0.3 is 12.0 Å². The molecule has 2 N–H and O–H groups in total. The summed E-state index contributed by atoms with van der Waals surface area (Å²) in [4.78, 5) is 40.3. The van der Waals surface area contributed by atoms with Crippen LogP contribution >= 0.6 is 12.4 Å². The predicted molar refractivity (Wildman–Crippen MR) is 79.9 cm³/mol. The predicted octanol–water partition coefficient (Wildman–Crippen LogP) is 0.643. The lowest BCUT2D eigenvalue weighted by molar-refractivity contribution is -0.180. The number of nitrogens with two attached hydrogens (primary N) is 1. The molecule has 3 amide bonds. The van der Waals surface area contributed by atoms with Crippen molar-refractivity contribution in [2.75, 3.05) is 6.54 Å². The molecule has 1 saturated heterocycles. The molecule has 0 radical (unpaired) electrons. The first-order valence-electron chi connectivity index (χ1n) is 6.14. The number of halogens is 1. The summed E-state index contributed by atoms with van der Waals surface area (Å²) < 4.78 is 0. The zero-order valence-electron chi connectivity index (χ0n) is 11.8. The minimum Gasteiger partial charge on any atom is -0.329 e. The Hall–Kier alpha value is -2.61. The van der Waals surface area contributed by atoms with E-state index in [9.17, 15) is 14.4 Å². The van der Waals surface area contributed by atoms with E-state index in [2.05, 4.69) is 9.94 Å². The van der Waals surface area contributed by atoms with Crippen LogP contribution in [-0.4, -0.2) is 40.6 Å². The first kappa shape index (κ1) is 17.4. The van der Waals surface area contributed by atoms with Gasteiger partial charge in [0, 0.05) is 13.5 Å². The third-order valence-electron chi connectivity index (χ3n) is 2.79. The van der Waals surface area contributed by atoms with E-state index in [4.69, 9.17) is 5.84 Å². The van der Waals surface area contributed by atoms with Crippen LogP contribution in [0.15, 0.2) is 29.4 Å². The number of urea groups is 1. The van der Waals surface area contributed by atoms with E-state index in [0.717, 1.165) is 18.1 Å². The van der Waals surface area contributed by atoms with Crippen molar-refractivity contribution in [3.05, 3.63) is 35.4 Å². The lowest BCUT2D eigenvalue weighted by Crippen LogP contribution is -2.34. The summed E-state index contributed by atoms with van der Waals surface area (Å²) in [6.07, 6.45) is 1.50. The lowest BCUT2D eigenvalue weighted by Gasteiger charge is -2.15. The molecule has 0 spiro atoms. The van der Waals surface area contributed by atoms with Crippen molar-refractivity contribution in [3.8, 4) is 0 Å². The molecule has 1 aromatic carbocycles. The number of amides is 3. The zero-order chi connectivity index (χ0) is 15.4. The smallest absolute Gasteiger partial charge is 0.329 e. The van der Waals surface area contributed by atoms with E-state index >= 15 is 0 Å². The second kappa shape index (κ2) is 7.41. The van der Waals surface area contributed by atoms with Crippen LogP contribution in [0, 0.1) is 0 Å². The van der Waals surface area contributed by atoms with Crippen molar-refractivity contribution in [3.63, 3.8) is 0 Å². The van der Waals surface area contributed by atoms with Gasteiger partial charge in [0.1, 0.15) is 6.54 Å². The van der Waals surface area contributed by atoms with Gasteiger partial charge in [-0.1, -0.05) is 29.3 Å². The highest BCUT2D eigenvalue weighted by Crippen LogP contribution is 2.15. The van der Waals surface area contributed by atoms with E-state index in [1.54, 1.807) is 24.3 Å². The molecule has 118 valence electrons. The summed E-state index contributed by atoms with van der Waals surface area (Å²) in [7, 11) is 0. The molecule has 0 aromatic heterocycles. The highest BCUT2D eigenvalue weighted by molar-refractivity contribution is 6.01.